The number of sulfone groups is 1. The first-order chi connectivity index (χ1) is 18.5. The quantitative estimate of drug-likeness (QED) is 0.540. The predicted octanol–water partition coefficient (Wildman–Crippen LogP) is 3.65. The van der Waals surface area contributed by atoms with E-state index in [1.807, 2.05) is 11.0 Å². The normalized spacial score (nSPS) is 20.9. The number of hydrogen-bond donors (Lipinski definition) is 1. The van der Waals surface area contributed by atoms with Crippen LogP contribution in [0.1, 0.15) is 44.9 Å². The van der Waals surface area contributed by atoms with E-state index in [1.165, 1.54) is 24.6 Å². The Morgan fingerprint density at radius 2 is 1.92 bits per heavy atom. The zero-order chi connectivity index (χ0) is 27.8. The number of carbonyl (C=O) groups is 1. The Bertz CT molecular complexity index is 1370. The molecule has 1 aliphatic carbocycles. The van der Waals surface area contributed by atoms with Crippen molar-refractivity contribution in [1.29, 1.82) is 0 Å². The van der Waals surface area contributed by atoms with Gasteiger partial charge in [-0.25, -0.2) is 23.4 Å². The van der Waals surface area contributed by atoms with Crippen LogP contribution in [0.15, 0.2) is 30.5 Å². The SMILES string of the molecule is CC(=O)N1CCC2(CC1)CN(c1cc(Nc3cc(OC(F)F)ccn3)nc(C3=CCC(S(C)(=O)=O)CC3)n1)C2. The van der Waals surface area contributed by atoms with Crippen LogP contribution in [-0.4, -0.2) is 78.5 Å². The Labute approximate surface area is 226 Å². The number of hydrogen-bond acceptors (Lipinski definition) is 9. The van der Waals surface area contributed by atoms with Crippen LogP contribution in [0.4, 0.5) is 26.2 Å². The molecule has 2 fully saturated rings. The summed E-state index contributed by atoms with van der Waals surface area (Å²) in [4.78, 5) is 29.5. The molecule has 3 aliphatic rings. The van der Waals surface area contributed by atoms with Gasteiger partial charge in [0.2, 0.25) is 5.91 Å². The van der Waals surface area contributed by atoms with Crippen molar-refractivity contribution in [2.24, 2.45) is 5.41 Å². The van der Waals surface area contributed by atoms with Crippen LogP contribution in [0, 0.1) is 5.41 Å². The molecule has 1 atom stereocenters. The highest BCUT2D eigenvalue weighted by atomic mass is 32.2. The lowest BCUT2D eigenvalue weighted by molar-refractivity contribution is -0.131. The smallest absolute Gasteiger partial charge is 0.387 e. The first kappa shape index (κ1) is 27.2. The van der Waals surface area contributed by atoms with E-state index < -0.39 is 21.7 Å². The molecule has 2 saturated heterocycles. The number of alkyl halides is 2. The maximum atomic E-state index is 12.7. The number of amides is 1. The number of rotatable bonds is 7. The molecule has 210 valence electrons. The summed E-state index contributed by atoms with van der Waals surface area (Å²) in [5, 5.41) is 2.67. The third-order valence-electron chi connectivity index (χ3n) is 7.83. The van der Waals surface area contributed by atoms with E-state index in [0.29, 0.717) is 36.7 Å². The molecule has 2 aromatic rings. The first-order valence-corrected chi connectivity index (χ1v) is 14.9. The standard InChI is InChI=1S/C26H32F2N6O4S/c1-17(35)33-11-8-26(9-12-33)15-34(16-26)23-14-22(30-21-13-19(7-10-29-21)38-25(27)28)31-24(32-23)18-3-5-20(6-4-18)39(2,36)37/h3,7,10,13-14,20,25H,4-6,8-9,11-12,15-16H2,1-2H3,(H,29,30,31,32). The Balaban J connectivity index is 1.39. The molecule has 0 radical (unpaired) electrons. The highest BCUT2D eigenvalue weighted by Crippen LogP contribution is 2.43. The molecule has 0 aromatic carbocycles. The molecule has 2 aliphatic heterocycles. The Hall–Kier alpha value is -3.35. The number of likely N-dealkylation sites (tertiary alicyclic amines) is 1. The lowest BCUT2D eigenvalue weighted by Gasteiger charge is -2.54. The average Bonchev–Trinajstić information content (AvgIpc) is 2.86. The maximum absolute atomic E-state index is 12.7. The van der Waals surface area contributed by atoms with Gasteiger partial charge in [0.25, 0.3) is 0 Å². The minimum absolute atomic E-state index is 0.0274. The number of allylic oxidation sites excluding steroid dienone is 2. The second-order valence-electron chi connectivity index (χ2n) is 10.6. The van der Waals surface area contributed by atoms with E-state index in [-0.39, 0.29) is 22.9 Å². The minimum Gasteiger partial charge on any atom is -0.435 e. The van der Waals surface area contributed by atoms with Gasteiger partial charge in [0.1, 0.15) is 23.2 Å². The fourth-order valence-corrected chi connectivity index (χ4v) is 6.52. The van der Waals surface area contributed by atoms with Crippen LogP contribution in [0.25, 0.3) is 5.57 Å². The van der Waals surface area contributed by atoms with E-state index in [1.54, 1.807) is 13.0 Å². The second kappa shape index (κ2) is 10.7. The zero-order valence-corrected chi connectivity index (χ0v) is 22.8. The monoisotopic (exact) mass is 562 g/mol. The number of pyridine rings is 1. The van der Waals surface area contributed by atoms with Gasteiger partial charge in [-0.1, -0.05) is 6.08 Å². The van der Waals surface area contributed by atoms with Crippen molar-refractivity contribution in [3.05, 3.63) is 36.3 Å². The summed E-state index contributed by atoms with van der Waals surface area (Å²) in [6.45, 7) is 1.76. The van der Waals surface area contributed by atoms with Crippen molar-refractivity contribution in [3.63, 3.8) is 0 Å². The van der Waals surface area contributed by atoms with Crippen molar-refractivity contribution in [2.45, 2.75) is 50.9 Å². The van der Waals surface area contributed by atoms with Crippen LogP contribution in [0.3, 0.4) is 0 Å². The number of halogens is 2. The third-order valence-corrected chi connectivity index (χ3v) is 9.47. The topological polar surface area (TPSA) is 118 Å². The summed E-state index contributed by atoms with van der Waals surface area (Å²) in [7, 11) is -3.14. The molecule has 1 N–H and O–H groups in total. The summed E-state index contributed by atoms with van der Waals surface area (Å²) >= 11 is 0. The molecule has 1 amide bonds. The Kier molecular flexibility index (Phi) is 7.45. The molecular weight excluding hydrogens is 530 g/mol. The van der Waals surface area contributed by atoms with Gasteiger partial charge in [0.15, 0.2) is 15.7 Å². The third kappa shape index (κ3) is 6.29. The lowest BCUT2D eigenvalue weighted by Crippen LogP contribution is -2.61. The van der Waals surface area contributed by atoms with Crippen molar-refractivity contribution in [2.75, 3.05) is 42.7 Å². The summed E-state index contributed by atoms with van der Waals surface area (Å²) in [6, 6.07) is 4.51. The molecule has 4 heterocycles. The van der Waals surface area contributed by atoms with Gasteiger partial charge < -0.3 is 19.9 Å². The lowest BCUT2D eigenvalue weighted by atomic mass is 9.72. The van der Waals surface area contributed by atoms with Gasteiger partial charge >= 0.3 is 6.61 Å². The van der Waals surface area contributed by atoms with Gasteiger partial charge in [-0.3, -0.25) is 4.79 Å². The predicted molar refractivity (Wildman–Crippen MR) is 143 cm³/mol. The molecule has 13 heteroatoms. The van der Waals surface area contributed by atoms with Crippen molar-refractivity contribution >= 4 is 38.8 Å². The average molecular weight is 563 g/mol. The Morgan fingerprint density at radius 1 is 1.18 bits per heavy atom. The summed E-state index contributed by atoms with van der Waals surface area (Å²) < 4.78 is 53.9. The van der Waals surface area contributed by atoms with Crippen LogP contribution < -0.4 is 15.0 Å². The maximum Gasteiger partial charge on any atom is 0.387 e. The fourth-order valence-electron chi connectivity index (χ4n) is 5.53. The summed E-state index contributed by atoms with van der Waals surface area (Å²) in [5.41, 5.74) is 1.01. The molecule has 0 saturated carbocycles. The fraction of sp³-hybridized carbons (Fsp3) is 0.538. The molecule has 2 aromatic heterocycles. The molecule has 1 unspecified atom stereocenters. The van der Waals surface area contributed by atoms with E-state index in [4.69, 9.17) is 4.98 Å². The molecule has 5 rings (SSSR count). The number of carbonyl (C=O) groups excluding carboxylic acids is 1. The minimum atomic E-state index is -3.14. The largest absolute Gasteiger partial charge is 0.435 e. The number of piperidine rings is 1. The van der Waals surface area contributed by atoms with Crippen LogP contribution >= 0.6 is 0 Å². The van der Waals surface area contributed by atoms with E-state index in [0.717, 1.165) is 44.6 Å². The summed E-state index contributed by atoms with van der Waals surface area (Å²) in [6.07, 6.45) is 7.81. The molecule has 0 bridgehead atoms. The highest BCUT2D eigenvalue weighted by molar-refractivity contribution is 7.91. The second-order valence-corrected chi connectivity index (χ2v) is 13.0. The molecule has 39 heavy (non-hydrogen) atoms. The van der Waals surface area contributed by atoms with Crippen molar-refractivity contribution in [3.8, 4) is 5.75 Å². The number of nitrogens with zero attached hydrogens (tertiary/aromatic N) is 5. The molecular formula is C26H32F2N6O4S. The zero-order valence-electron chi connectivity index (χ0n) is 21.9. The van der Waals surface area contributed by atoms with E-state index >= 15 is 0 Å². The first-order valence-electron chi connectivity index (χ1n) is 13.0. The van der Waals surface area contributed by atoms with Gasteiger partial charge in [-0.15, -0.1) is 0 Å². The van der Waals surface area contributed by atoms with Gasteiger partial charge in [-0.2, -0.15) is 8.78 Å². The van der Waals surface area contributed by atoms with Gasteiger partial charge in [-0.05, 0) is 43.7 Å². The van der Waals surface area contributed by atoms with Gasteiger partial charge in [0.05, 0.1) is 5.25 Å². The van der Waals surface area contributed by atoms with E-state index in [2.05, 4.69) is 24.9 Å². The van der Waals surface area contributed by atoms with Crippen LogP contribution in [0.2, 0.25) is 0 Å². The number of nitrogens with one attached hydrogen (secondary N) is 1. The number of aromatic nitrogens is 3. The molecule has 1 spiro atoms. The number of ether oxygens (including phenoxy) is 1. The molecule has 10 nitrogen and oxygen atoms in total. The van der Waals surface area contributed by atoms with Crippen molar-refractivity contribution < 1.29 is 26.7 Å². The Morgan fingerprint density at radius 3 is 2.54 bits per heavy atom. The van der Waals surface area contributed by atoms with Gasteiger partial charge in [0, 0.05) is 63.1 Å². The highest BCUT2D eigenvalue weighted by Gasteiger charge is 2.46. The summed E-state index contributed by atoms with van der Waals surface area (Å²) in [5.74, 6) is 2.01. The number of anilines is 3. The van der Waals surface area contributed by atoms with Crippen LogP contribution in [-0.2, 0) is 14.6 Å². The van der Waals surface area contributed by atoms with Crippen molar-refractivity contribution in [1.82, 2.24) is 19.9 Å². The van der Waals surface area contributed by atoms with E-state index in [9.17, 15) is 22.0 Å². The van der Waals surface area contributed by atoms with Crippen LogP contribution in [0.5, 0.6) is 5.75 Å².